The van der Waals surface area contributed by atoms with Gasteiger partial charge in [0, 0.05) is 0 Å². The Hall–Kier alpha value is -9.59. The van der Waals surface area contributed by atoms with E-state index in [2.05, 4.69) is 0 Å². The Labute approximate surface area is 370 Å². The second kappa shape index (κ2) is 18.3. The highest BCUT2D eigenvalue weighted by Gasteiger charge is 2.55. The zero-order valence-corrected chi connectivity index (χ0v) is 33.1. The highest BCUT2D eigenvalue weighted by atomic mass is 16.7. The van der Waals surface area contributed by atoms with Gasteiger partial charge in [0.25, 0.3) is 0 Å². The number of benzene rings is 5. The van der Waals surface area contributed by atoms with Crippen molar-refractivity contribution in [2.24, 2.45) is 0 Å². The van der Waals surface area contributed by atoms with Crippen LogP contribution in [0.5, 0.6) is 86.2 Å². The lowest BCUT2D eigenvalue weighted by molar-refractivity contribution is -0.282. The minimum Gasteiger partial charge on any atom is -0.504 e. The van der Waals surface area contributed by atoms with Gasteiger partial charge in [-0.05, 0) is 60.7 Å². The molecular weight excluding hydrogens is 908 g/mol. The smallest absolute Gasteiger partial charge is 0.340 e. The molecule has 1 heterocycles. The maximum atomic E-state index is 13.9. The van der Waals surface area contributed by atoms with E-state index in [1.807, 2.05) is 0 Å². The topological polar surface area (TPSA) is 444 Å². The van der Waals surface area contributed by atoms with E-state index in [1.165, 1.54) is 0 Å². The summed E-state index contributed by atoms with van der Waals surface area (Å²) in [5.41, 5.74) is -3.88. The quantitative estimate of drug-likeness (QED) is 0.0509. The van der Waals surface area contributed by atoms with Gasteiger partial charge >= 0.3 is 29.8 Å². The van der Waals surface area contributed by atoms with Crippen LogP contribution in [-0.4, -0.2) is 144 Å². The molecule has 0 unspecified atom stereocenters. The maximum absolute atomic E-state index is 13.9. The number of hydrogen-bond donors (Lipinski definition) is 15. The third kappa shape index (κ3) is 9.67. The second-order valence-electron chi connectivity index (χ2n) is 14.0. The Bertz CT molecular complexity index is 2720. The summed E-state index contributed by atoms with van der Waals surface area (Å²) in [6.45, 7) is -1.25. The highest BCUT2D eigenvalue weighted by molar-refractivity contribution is 5.94. The van der Waals surface area contributed by atoms with Gasteiger partial charge in [0.15, 0.2) is 98.5 Å². The molecule has 5 aromatic rings. The predicted octanol–water partition coefficient (Wildman–Crippen LogP) is 1.69. The van der Waals surface area contributed by atoms with Crippen molar-refractivity contribution in [1.82, 2.24) is 0 Å². The summed E-state index contributed by atoms with van der Waals surface area (Å²) in [7, 11) is 0. The second-order valence-corrected chi connectivity index (χ2v) is 14.0. The lowest BCUT2D eigenvalue weighted by Gasteiger charge is -2.43. The molecule has 1 aliphatic rings. The summed E-state index contributed by atoms with van der Waals surface area (Å²) in [5.74, 6) is -24.5. The third-order valence-electron chi connectivity index (χ3n) is 9.45. The Morgan fingerprint density at radius 3 is 0.881 bits per heavy atom. The van der Waals surface area contributed by atoms with Gasteiger partial charge in [-0.15, -0.1) is 0 Å². The van der Waals surface area contributed by atoms with Gasteiger partial charge in [-0.3, -0.25) is 0 Å². The van der Waals surface area contributed by atoms with E-state index in [9.17, 15) is 101 Å². The summed E-state index contributed by atoms with van der Waals surface area (Å²) in [6, 6.07) is 5.60. The zero-order valence-electron chi connectivity index (χ0n) is 33.1. The zero-order chi connectivity index (χ0) is 49.3. The molecule has 5 atom stereocenters. The van der Waals surface area contributed by atoms with Gasteiger partial charge in [0.1, 0.15) is 12.7 Å². The molecule has 352 valence electrons. The largest absolute Gasteiger partial charge is 0.504 e. The maximum Gasteiger partial charge on any atom is 0.340 e. The first-order valence-electron chi connectivity index (χ1n) is 18.4. The number of phenolic OH excluding ortho intramolecular Hbond substituents is 15. The van der Waals surface area contributed by atoms with Crippen molar-refractivity contribution >= 4 is 29.8 Å². The summed E-state index contributed by atoms with van der Waals surface area (Å²) >= 11 is 0. The van der Waals surface area contributed by atoms with Gasteiger partial charge in [0.2, 0.25) is 12.4 Å². The molecule has 15 N–H and O–H groups in total. The highest BCUT2D eigenvalue weighted by Crippen LogP contribution is 2.41. The Morgan fingerprint density at radius 1 is 0.343 bits per heavy atom. The molecule has 0 aliphatic carbocycles. The van der Waals surface area contributed by atoms with Gasteiger partial charge in [-0.1, -0.05) is 0 Å². The van der Waals surface area contributed by atoms with Crippen LogP contribution in [0.15, 0.2) is 60.7 Å². The summed E-state index contributed by atoms with van der Waals surface area (Å²) in [4.78, 5) is 68.5. The van der Waals surface area contributed by atoms with Crippen molar-refractivity contribution in [2.75, 3.05) is 6.61 Å². The van der Waals surface area contributed by atoms with E-state index >= 15 is 0 Å². The summed E-state index contributed by atoms with van der Waals surface area (Å²) in [6.07, 6.45) is -12.2. The fourth-order valence-electron chi connectivity index (χ4n) is 6.11. The van der Waals surface area contributed by atoms with Gasteiger partial charge in [0.05, 0.1) is 27.8 Å². The number of carbonyl (C=O) groups is 5. The van der Waals surface area contributed by atoms with Crippen molar-refractivity contribution in [2.45, 2.75) is 30.7 Å². The number of hydrogen-bond acceptors (Lipinski definition) is 26. The monoisotopic (exact) mass is 940 g/mol. The van der Waals surface area contributed by atoms with Crippen LogP contribution in [0, 0.1) is 0 Å². The molecule has 0 aromatic heterocycles. The van der Waals surface area contributed by atoms with Gasteiger partial charge in [-0.25, -0.2) is 24.0 Å². The molecule has 26 nitrogen and oxygen atoms in total. The van der Waals surface area contributed by atoms with Crippen molar-refractivity contribution in [3.05, 3.63) is 88.5 Å². The predicted molar refractivity (Wildman–Crippen MR) is 209 cm³/mol. The first-order chi connectivity index (χ1) is 31.4. The first-order valence-corrected chi connectivity index (χ1v) is 18.4. The average Bonchev–Trinajstić information content (AvgIpc) is 3.27. The normalized spacial score (nSPS) is 17.7. The summed E-state index contributed by atoms with van der Waals surface area (Å²) < 4.78 is 33.2. The molecule has 67 heavy (non-hydrogen) atoms. The number of phenols is 15. The van der Waals surface area contributed by atoms with Crippen LogP contribution in [0.25, 0.3) is 0 Å². The molecule has 6 rings (SSSR count). The number of aromatic hydroxyl groups is 15. The Morgan fingerprint density at radius 2 is 0.582 bits per heavy atom. The van der Waals surface area contributed by atoms with E-state index < -0.39 is 181 Å². The molecule has 0 saturated carbocycles. The molecule has 5 aromatic carbocycles. The molecule has 0 amide bonds. The van der Waals surface area contributed by atoms with Crippen LogP contribution in [0.1, 0.15) is 51.8 Å². The van der Waals surface area contributed by atoms with Crippen LogP contribution in [0.3, 0.4) is 0 Å². The molecular formula is C41H32O26. The Kier molecular flexibility index (Phi) is 12.8. The van der Waals surface area contributed by atoms with Crippen molar-refractivity contribution in [3.63, 3.8) is 0 Å². The van der Waals surface area contributed by atoms with E-state index in [-0.39, 0.29) is 0 Å². The standard InChI is InChI=1S/C41H32O26/c42-17-1-12(2-18(43)28(17)52)36(57)62-11-27-33(64-37(58)13-3-19(44)29(53)20(45)4-13)34(65-38(59)14-5-21(46)30(54)22(47)6-14)35(66-39(60)15-7-23(48)31(55)24(49)8-15)41(63-27)67-40(61)16-9-25(50)32(56)26(51)10-16/h1-10,27,33-35,41-56H,11H2/t27-,33+,34-,35+,41+/m0/s1. The molecule has 0 bridgehead atoms. The van der Waals surface area contributed by atoms with Gasteiger partial charge < -0.3 is 105 Å². The molecule has 1 fully saturated rings. The molecule has 1 aliphatic heterocycles. The first kappa shape index (κ1) is 46.9. The minimum absolute atomic E-state index is 0.534. The van der Waals surface area contributed by atoms with Crippen LogP contribution < -0.4 is 0 Å². The summed E-state index contributed by atoms with van der Waals surface area (Å²) in [5, 5.41) is 150. The number of carbonyl (C=O) groups excluding carboxylic acids is 5. The van der Waals surface area contributed by atoms with Gasteiger partial charge in [-0.2, -0.15) is 0 Å². The third-order valence-corrected chi connectivity index (χ3v) is 9.45. The van der Waals surface area contributed by atoms with E-state index in [0.29, 0.717) is 60.7 Å². The molecule has 0 radical (unpaired) electrons. The van der Waals surface area contributed by atoms with Crippen LogP contribution in [0.2, 0.25) is 0 Å². The van der Waals surface area contributed by atoms with E-state index in [1.54, 1.807) is 0 Å². The Balaban J connectivity index is 1.52. The SMILES string of the molecule is O=C(OC[C@@H]1O[C@H](OC(=O)c2cc(O)c(O)c(O)c2)[C@H](OC(=O)c2cc(O)c(O)c(O)c2)[C@@H](OC(=O)c2cc(O)c(O)c(O)c2)[C@@H]1OC(=O)c1cc(O)c(O)c(O)c1)c1cc(O)c(O)c(O)c1. The van der Waals surface area contributed by atoms with Crippen molar-refractivity contribution in [3.8, 4) is 86.2 Å². The average molecular weight is 941 g/mol. The lowest BCUT2D eigenvalue weighted by atomic mass is 9.97. The number of rotatable bonds is 11. The minimum atomic E-state index is -2.56. The fraction of sp³-hybridized carbons (Fsp3) is 0.146. The van der Waals surface area contributed by atoms with Crippen molar-refractivity contribution < 1.29 is 129 Å². The van der Waals surface area contributed by atoms with Crippen LogP contribution >= 0.6 is 0 Å². The fourth-order valence-corrected chi connectivity index (χ4v) is 6.11. The molecule has 1 saturated heterocycles. The lowest BCUT2D eigenvalue weighted by Crippen LogP contribution is -2.63. The van der Waals surface area contributed by atoms with Crippen LogP contribution in [-0.2, 0) is 28.4 Å². The van der Waals surface area contributed by atoms with E-state index in [0.717, 1.165) is 0 Å². The number of ether oxygens (including phenoxy) is 6. The van der Waals surface area contributed by atoms with Crippen LogP contribution in [0.4, 0.5) is 0 Å². The molecule has 0 spiro atoms. The molecule has 26 heteroatoms. The van der Waals surface area contributed by atoms with Crippen molar-refractivity contribution in [1.29, 1.82) is 0 Å². The van der Waals surface area contributed by atoms with E-state index in [4.69, 9.17) is 28.4 Å². The number of esters is 5.